The standard InChI is InChI=1S/C23H35N5O/c1-5-24-23(28(4)13-10-18-11-14-29-15-12-18)25-17-19-16-22(27(2)3)26-21-9-7-6-8-20(19)21/h6-9,16,18H,5,10-15,17H2,1-4H3,(H,24,25). The molecule has 3 rings (SSSR count). The summed E-state index contributed by atoms with van der Waals surface area (Å²) in [6.07, 6.45) is 3.54. The maximum atomic E-state index is 5.48. The van der Waals surface area contributed by atoms with Gasteiger partial charge in [-0.15, -0.1) is 0 Å². The summed E-state index contributed by atoms with van der Waals surface area (Å²) >= 11 is 0. The summed E-state index contributed by atoms with van der Waals surface area (Å²) in [6.45, 7) is 6.44. The molecule has 1 saturated heterocycles. The van der Waals surface area contributed by atoms with E-state index in [2.05, 4.69) is 48.5 Å². The van der Waals surface area contributed by atoms with Gasteiger partial charge in [-0.3, -0.25) is 0 Å². The van der Waals surface area contributed by atoms with Gasteiger partial charge in [-0.1, -0.05) is 18.2 Å². The van der Waals surface area contributed by atoms with Crippen LogP contribution in [0.4, 0.5) is 5.82 Å². The molecule has 0 spiro atoms. The minimum atomic E-state index is 0.633. The molecule has 1 fully saturated rings. The molecule has 0 aliphatic carbocycles. The second-order valence-corrected chi connectivity index (χ2v) is 7.99. The van der Waals surface area contributed by atoms with E-state index in [1.54, 1.807) is 0 Å². The number of hydrogen-bond acceptors (Lipinski definition) is 4. The number of pyridine rings is 1. The van der Waals surface area contributed by atoms with Crippen LogP contribution in [0.2, 0.25) is 0 Å². The Kier molecular flexibility index (Phi) is 7.69. The molecular weight excluding hydrogens is 362 g/mol. The number of ether oxygens (including phenoxy) is 1. The zero-order valence-electron chi connectivity index (χ0n) is 18.3. The summed E-state index contributed by atoms with van der Waals surface area (Å²) in [7, 11) is 6.19. The van der Waals surface area contributed by atoms with E-state index in [4.69, 9.17) is 14.7 Å². The van der Waals surface area contributed by atoms with E-state index >= 15 is 0 Å². The normalized spacial score (nSPS) is 15.5. The van der Waals surface area contributed by atoms with Crippen LogP contribution in [0.15, 0.2) is 35.3 Å². The van der Waals surface area contributed by atoms with E-state index in [1.807, 2.05) is 25.1 Å². The molecule has 158 valence electrons. The highest BCUT2D eigenvalue weighted by Gasteiger charge is 2.15. The van der Waals surface area contributed by atoms with Crippen molar-refractivity contribution in [3.8, 4) is 0 Å². The second-order valence-electron chi connectivity index (χ2n) is 7.99. The van der Waals surface area contributed by atoms with Crippen molar-refractivity contribution in [2.75, 3.05) is 52.3 Å². The van der Waals surface area contributed by atoms with Crippen LogP contribution in [-0.4, -0.2) is 63.3 Å². The number of fused-ring (bicyclic) bond motifs is 1. The zero-order valence-corrected chi connectivity index (χ0v) is 18.3. The molecule has 2 heterocycles. The Labute approximate surface area is 175 Å². The van der Waals surface area contributed by atoms with Crippen molar-refractivity contribution >= 4 is 22.7 Å². The number of aliphatic imine (C=N–C) groups is 1. The predicted molar refractivity (Wildman–Crippen MR) is 122 cm³/mol. The van der Waals surface area contributed by atoms with Crippen LogP contribution in [-0.2, 0) is 11.3 Å². The van der Waals surface area contributed by atoms with Crippen LogP contribution in [0.25, 0.3) is 10.9 Å². The first-order chi connectivity index (χ1) is 14.1. The van der Waals surface area contributed by atoms with Gasteiger partial charge >= 0.3 is 0 Å². The van der Waals surface area contributed by atoms with Gasteiger partial charge < -0.3 is 19.9 Å². The average Bonchev–Trinajstić information content (AvgIpc) is 2.75. The van der Waals surface area contributed by atoms with Crippen LogP contribution < -0.4 is 10.2 Å². The highest BCUT2D eigenvalue weighted by molar-refractivity contribution is 5.85. The van der Waals surface area contributed by atoms with E-state index in [1.165, 1.54) is 30.2 Å². The summed E-state index contributed by atoms with van der Waals surface area (Å²) in [6, 6.07) is 10.5. The number of nitrogens with one attached hydrogen (secondary N) is 1. The first-order valence-corrected chi connectivity index (χ1v) is 10.7. The van der Waals surface area contributed by atoms with Crippen molar-refractivity contribution in [2.24, 2.45) is 10.9 Å². The topological polar surface area (TPSA) is 53.0 Å². The van der Waals surface area contributed by atoms with Crippen molar-refractivity contribution in [1.82, 2.24) is 15.2 Å². The van der Waals surface area contributed by atoms with Crippen LogP contribution >= 0.6 is 0 Å². The Balaban J connectivity index is 1.75. The molecule has 1 aliphatic rings. The summed E-state index contributed by atoms with van der Waals surface area (Å²) in [5.41, 5.74) is 2.22. The molecule has 0 unspecified atom stereocenters. The van der Waals surface area contributed by atoms with E-state index in [-0.39, 0.29) is 0 Å². The molecule has 1 N–H and O–H groups in total. The van der Waals surface area contributed by atoms with Gasteiger partial charge in [0.05, 0.1) is 12.1 Å². The van der Waals surface area contributed by atoms with Crippen LogP contribution in [0.5, 0.6) is 0 Å². The quantitative estimate of drug-likeness (QED) is 0.572. The lowest BCUT2D eigenvalue weighted by atomic mass is 9.96. The van der Waals surface area contributed by atoms with Gasteiger partial charge in [-0.2, -0.15) is 0 Å². The molecule has 6 heteroatoms. The van der Waals surface area contributed by atoms with Gasteiger partial charge in [-0.05, 0) is 49.8 Å². The maximum absolute atomic E-state index is 5.48. The van der Waals surface area contributed by atoms with E-state index < -0.39 is 0 Å². The van der Waals surface area contributed by atoms with Crippen LogP contribution in [0.3, 0.4) is 0 Å². The zero-order chi connectivity index (χ0) is 20.6. The molecule has 0 atom stereocenters. The molecule has 1 aromatic heterocycles. The van der Waals surface area contributed by atoms with Gasteiger partial charge in [0.15, 0.2) is 5.96 Å². The lowest BCUT2D eigenvalue weighted by Crippen LogP contribution is -2.40. The maximum Gasteiger partial charge on any atom is 0.193 e. The number of nitrogens with zero attached hydrogens (tertiary/aromatic N) is 4. The third-order valence-corrected chi connectivity index (χ3v) is 5.56. The Morgan fingerprint density at radius 2 is 1.97 bits per heavy atom. The first-order valence-electron chi connectivity index (χ1n) is 10.7. The molecule has 0 saturated carbocycles. The molecule has 0 amide bonds. The summed E-state index contributed by atoms with van der Waals surface area (Å²) in [5, 5.41) is 4.62. The SMILES string of the molecule is CCNC(=NCc1cc(N(C)C)nc2ccccc12)N(C)CCC1CCOCC1. The second kappa shape index (κ2) is 10.4. The van der Waals surface area contributed by atoms with Crippen LogP contribution in [0, 0.1) is 5.92 Å². The number of rotatable bonds is 7. The Morgan fingerprint density at radius 3 is 2.69 bits per heavy atom. The molecule has 0 bridgehead atoms. The first kappa shape index (κ1) is 21.4. The largest absolute Gasteiger partial charge is 0.381 e. The monoisotopic (exact) mass is 397 g/mol. The van der Waals surface area contributed by atoms with Crippen molar-refractivity contribution in [3.05, 3.63) is 35.9 Å². The average molecular weight is 398 g/mol. The number of benzene rings is 1. The molecule has 0 radical (unpaired) electrons. The minimum Gasteiger partial charge on any atom is -0.381 e. The highest BCUT2D eigenvalue weighted by atomic mass is 16.5. The molecular formula is C23H35N5O. The van der Waals surface area contributed by atoms with Crippen LogP contribution in [0.1, 0.15) is 31.7 Å². The van der Waals surface area contributed by atoms with Gasteiger partial charge in [0.2, 0.25) is 0 Å². The number of aromatic nitrogens is 1. The summed E-state index contributed by atoms with van der Waals surface area (Å²) in [4.78, 5) is 14.0. The fraction of sp³-hybridized carbons (Fsp3) is 0.565. The third-order valence-electron chi connectivity index (χ3n) is 5.56. The van der Waals surface area contributed by atoms with Gasteiger partial charge in [-0.25, -0.2) is 9.98 Å². The van der Waals surface area contributed by atoms with Gasteiger partial charge in [0.25, 0.3) is 0 Å². The Hall–Kier alpha value is -2.34. The number of hydrogen-bond donors (Lipinski definition) is 1. The fourth-order valence-corrected chi connectivity index (χ4v) is 3.74. The van der Waals surface area contributed by atoms with E-state index in [0.717, 1.165) is 49.5 Å². The number of anilines is 1. The predicted octanol–water partition coefficient (Wildman–Crippen LogP) is 3.51. The van der Waals surface area contributed by atoms with E-state index in [0.29, 0.717) is 6.54 Å². The lowest BCUT2D eigenvalue weighted by molar-refractivity contribution is 0.0625. The van der Waals surface area contributed by atoms with Crippen molar-refractivity contribution < 1.29 is 4.74 Å². The van der Waals surface area contributed by atoms with Crippen molar-refractivity contribution in [3.63, 3.8) is 0 Å². The molecule has 2 aromatic rings. The van der Waals surface area contributed by atoms with Crippen molar-refractivity contribution in [2.45, 2.75) is 32.7 Å². The van der Waals surface area contributed by atoms with E-state index in [9.17, 15) is 0 Å². The summed E-state index contributed by atoms with van der Waals surface area (Å²) < 4.78 is 5.48. The Morgan fingerprint density at radius 1 is 1.21 bits per heavy atom. The summed E-state index contributed by atoms with van der Waals surface area (Å²) in [5.74, 6) is 2.69. The third kappa shape index (κ3) is 5.82. The minimum absolute atomic E-state index is 0.633. The fourth-order valence-electron chi connectivity index (χ4n) is 3.74. The molecule has 29 heavy (non-hydrogen) atoms. The molecule has 6 nitrogen and oxygen atoms in total. The molecule has 1 aliphatic heterocycles. The van der Waals surface area contributed by atoms with Gasteiger partial charge in [0.1, 0.15) is 5.82 Å². The number of para-hydroxylation sites is 1. The number of guanidine groups is 1. The Bertz CT molecular complexity index is 814. The highest BCUT2D eigenvalue weighted by Crippen LogP contribution is 2.23. The lowest BCUT2D eigenvalue weighted by Gasteiger charge is -2.27. The molecule has 1 aromatic carbocycles. The smallest absolute Gasteiger partial charge is 0.193 e. The van der Waals surface area contributed by atoms with Crippen molar-refractivity contribution in [1.29, 1.82) is 0 Å². The van der Waals surface area contributed by atoms with Gasteiger partial charge in [0, 0.05) is 52.8 Å².